The number of rotatable bonds is 3. The van der Waals surface area contributed by atoms with Gasteiger partial charge < -0.3 is 5.32 Å². The molecule has 0 radical (unpaired) electrons. The van der Waals surface area contributed by atoms with Gasteiger partial charge in [0, 0.05) is 17.9 Å². The van der Waals surface area contributed by atoms with Crippen molar-refractivity contribution in [1.82, 2.24) is 5.32 Å². The molecule has 0 fully saturated rings. The van der Waals surface area contributed by atoms with Crippen molar-refractivity contribution in [2.75, 3.05) is 7.05 Å². The molecule has 2 rings (SSSR count). The molecule has 0 aliphatic heterocycles. The molecular weight excluding hydrogens is 502 g/mol. The average molecular weight is 513 g/mol. The zero-order chi connectivity index (χ0) is 14.0. The Labute approximate surface area is 146 Å². The smallest absolute Gasteiger partial charge is 0.0586 e. The van der Waals surface area contributed by atoms with E-state index in [1.807, 2.05) is 19.2 Å². The molecule has 0 aromatic heterocycles. The van der Waals surface area contributed by atoms with Gasteiger partial charge in [-0.25, -0.2) is 0 Å². The van der Waals surface area contributed by atoms with Gasteiger partial charge in [-0.2, -0.15) is 0 Å². The Morgan fingerprint density at radius 1 is 0.842 bits per heavy atom. The van der Waals surface area contributed by atoms with Gasteiger partial charge in [-0.1, -0.05) is 63.7 Å². The summed E-state index contributed by atoms with van der Waals surface area (Å²) in [6, 6.07) is 12.6. The third-order valence-electron chi connectivity index (χ3n) is 2.78. The fourth-order valence-electron chi connectivity index (χ4n) is 1.98. The van der Waals surface area contributed by atoms with Crippen LogP contribution in [0.15, 0.2) is 54.3 Å². The molecule has 0 aliphatic carbocycles. The van der Waals surface area contributed by atoms with Crippen molar-refractivity contribution in [3.8, 4) is 0 Å². The van der Waals surface area contributed by atoms with Gasteiger partial charge in [0.05, 0.1) is 6.04 Å². The van der Waals surface area contributed by atoms with E-state index in [0.29, 0.717) is 0 Å². The van der Waals surface area contributed by atoms with Crippen LogP contribution < -0.4 is 5.32 Å². The van der Waals surface area contributed by atoms with Gasteiger partial charge in [0.1, 0.15) is 0 Å². The summed E-state index contributed by atoms with van der Waals surface area (Å²) in [5.74, 6) is 0. The summed E-state index contributed by atoms with van der Waals surface area (Å²) < 4.78 is 4.28. The number of nitrogens with one attached hydrogen (secondary N) is 1. The number of hydrogen-bond donors (Lipinski definition) is 1. The Hall–Kier alpha value is 0.320. The van der Waals surface area contributed by atoms with Crippen LogP contribution in [0, 0.1) is 0 Å². The lowest BCUT2D eigenvalue weighted by molar-refractivity contribution is 0.688. The zero-order valence-corrected chi connectivity index (χ0v) is 16.4. The minimum Gasteiger partial charge on any atom is -0.309 e. The normalized spacial score (nSPS) is 12.5. The third-order valence-corrected chi connectivity index (χ3v) is 4.91. The van der Waals surface area contributed by atoms with Crippen molar-refractivity contribution < 1.29 is 0 Å². The summed E-state index contributed by atoms with van der Waals surface area (Å²) in [6.07, 6.45) is 0. The summed E-state index contributed by atoms with van der Waals surface area (Å²) in [6.45, 7) is 0. The summed E-state index contributed by atoms with van der Waals surface area (Å²) in [7, 11) is 1.97. The lowest BCUT2D eigenvalue weighted by atomic mass is 9.99. The third kappa shape index (κ3) is 3.91. The molecule has 0 spiro atoms. The van der Waals surface area contributed by atoms with Gasteiger partial charge in [-0.15, -0.1) is 0 Å². The zero-order valence-electron chi connectivity index (χ0n) is 10.1. The second-order valence-corrected chi connectivity index (χ2v) is 7.69. The lowest BCUT2D eigenvalue weighted by Crippen LogP contribution is -2.18. The van der Waals surface area contributed by atoms with E-state index in [0.717, 1.165) is 17.9 Å². The highest BCUT2D eigenvalue weighted by Gasteiger charge is 2.16. The maximum absolute atomic E-state index is 3.62. The predicted octanol–water partition coefficient (Wildman–Crippen LogP) is 6.05. The molecule has 0 amide bonds. The number of hydrogen-bond acceptors (Lipinski definition) is 1. The molecule has 1 nitrogen and oxygen atoms in total. The van der Waals surface area contributed by atoms with Crippen LogP contribution in [0.4, 0.5) is 0 Å². The molecule has 2 aromatic rings. The monoisotopic (exact) mass is 509 g/mol. The SMILES string of the molecule is CNC(c1cc(Br)cc(Br)c1)c1cc(Br)ccc1Br. The highest BCUT2D eigenvalue weighted by Crippen LogP contribution is 2.33. The number of halogens is 4. The first-order valence-corrected chi connectivity index (χ1v) is 8.76. The standard InChI is InChI=1S/C14H11Br4N/c1-19-14(8-4-10(16)6-11(17)5-8)12-7-9(15)2-3-13(12)18/h2-7,14,19H,1H3. The summed E-state index contributed by atoms with van der Waals surface area (Å²) in [5.41, 5.74) is 2.39. The molecule has 1 N–H and O–H groups in total. The highest BCUT2D eigenvalue weighted by molar-refractivity contribution is 9.11. The quantitative estimate of drug-likeness (QED) is 0.528. The van der Waals surface area contributed by atoms with E-state index < -0.39 is 0 Å². The largest absolute Gasteiger partial charge is 0.309 e. The van der Waals surface area contributed by atoms with E-state index >= 15 is 0 Å². The van der Waals surface area contributed by atoms with Crippen molar-refractivity contribution in [1.29, 1.82) is 0 Å². The Kier molecular flexibility index (Phi) is 5.66. The van der Waals surface area contributed by atoms with Gasteiger partial charge in [0.25, 0.3) is 0 Å². The molecule has 19 heavy (non-hydrogen) atoms. The van der Waals surface area contributed by atoms with Crippen LogP contribution >= 0.6 is 63.7 Å². The van der Waals surface area contributed by atoms with Gasteiger partial charge in [0.2, 0.25) is 0 Å². The second-order valence-electron chi connectivity index (χ2n) is 4.09. The molecule has 0 aliphatic rings. The Bertz CT molecular complexity index is 578. The molecule has 1 unspecified atom stereocenters. The molecule has 2 aromatic carbocycles. The van der Waals surface area contributed by atoms with Crippen LogP contribution in [0.5, 0.6) is 0 Å². The first-order chi connectivity index (χ1) is 9.01. The molecule has 5 heteroatoms. The molecule has 0 bridgehead atoms. The topological polar surface area (TPSA) is 12.0 Å². The number of benzene rings is 2. The Morgan fingerprint density at radius 2 is 1.47 bits per heavy atom. The van der Waals surface area contributed by atoms with Crippen LogP contribution in [0.25, 0.3) is 0 Å². The van der Waals surface area contributed by atoms with E-state index in [-0.39, 0.29) is 6.04 Å². The fraction of sp³-hybridized carbons (Fsp3) is 0.143. The van der Waals surface area contributed by atoms with Crippen molar-refractivity contribution in [3.05, 3.63) is 65.4 Å². The fourth-order valence-corrected chi connectivity index (χ4v) is 4.16. The van der Waals surface area contributed by atoms with Crippen molar-refractivity contribution in [3.63, 3.8) is 0 Å². The van der Waals surface area contributed by atoms with Crippen LogP contribution in [-0.2, 0) is 0 Å². The molecule has 0 heterocycles. The van der Waals surface area contributed by atoms with Crippen LogP contribution in [0.2, 0.25) is 0 Å². The first kappa shape index (κ1) is 15.7. The lowest BCUT2D eigenvalue weighted by Gasteiger charge is -2.20. The van der Waals surface area contributed by atoms with Gasteiger partial charge in [0.15, 0.2) is 0 Å². The van der Waals surface area contributed by atoms with Crippen molar-refractivity contribution >= 4 is 63.7 Å². The van der Waals surface area contributed by atoms with Gasteiger partial charge >= 0.3 is 0 Å². The van der Waals surface area contributed by atoms with E-state index in [2.05, 4.69) is 93.3 Å². The van der Waals surface area contributed by atoms with Crippen molar-refractivity contribution in [2.24, 2.45) is 0 Å². The maximum atomic E-state index is 3.62. The average Bonchev–Trinajstić information content (AvgIpc) is 2.33. The van der Waals surface area contributed by atoms with E-state index in [1.54, 1.807) is 0 Å². The highest BCUT2D eigenvalue weighted by atomic mass is 79.9. The van der Waals surface area contributed by atoms with Gasteiger partial charge in [-0.3, -0.25) is 0 Å². The van der Waals surface area contributed by atoms with Crippen LogP contribution in [0.1, 0.15) is 17.2 Å². The minimum atomic E-state index is 0.126. The first-order valence-electron chi connectivity index (χ1n) is 5.59. The molecule has 1 atom stereocenters. The van der Waals surface area contributed by atoms with E-state index in [1.165, 1.54) is 11.1 Å². The minimum absolute atomic E-state index is 0.126. The van der Waals surface area contributed by atoms with E-state index in [4.69, 9.17) is 0 Å². The summed E-state index contributed by atoms with van der Waals surface area (Å²) >= 11 is 14.2. The van der Waals surface area contributed by atoms with Gasteiger partial charge in [-0.05, 0) is 54.6 Å². The molecule has 100 valence electrons. The predicted molar refractivity (Wildman–Crippen MR) is 94.6 cm³/mol. The Morgan fingerprint density at radius 3 is 2.05 bits per heavy atom. The van der Waals surface area contributed by atoms with Crippen molar-refractivity contribution in [2.45, 2.75) is 6.04 Å². The maximum Gasteiger partial charge on any atom is 0.0586 e. The molecule has 0 saturated heterocycles. The van der Waals surface area contributed by atoms with Crippen LogP contribution in [0.3, 0.4) is 0 Å². The molecule has 0 saturated carbocycles. The second kappa shape index (κ2) is 6.85. The molecular formula is C14H11Br4N. The van der Waals surface area contributed by atoms with Crippen LogP contribution in [-0.4, -0.2) is 7.05 Å². The summed E-state index contributed by atoms with van der Waals surface area (Å²) in [4.78, 5) is 0. The Balaban J connectivity index is 2.52. The summed E-state index contributed by atoms with van der Waals surface area (Å²) in [5, 5.41) is 3.36. The van der Waals surface area contributed by atoms with E-state index in [9.17, 15) is 0 Å².